The summed E-state index contributed by atoms with van der Waals surface area (Å²) in [7, 11) is 0. The monoisotopic (exact) mass is 389 g/mol. The van der Waals surface area contributed by atoms with Gasteiger partial charge in [0.05, 0.1) is 10.7 Å². The van der Waals surface area contributed by atoms with Gasteiger partial charge in [0.1, 0.15) is 11.6 Å². The zero-order valence-electron chi connectivity index (χ0n) is 16.0. The third-order valence-corrected chi connectivity index (χ3v) is 4.82. The Bertz CT molecular complexity index is 1120. The van der Waals surface area contributed by atoms with Crippen molar-refractivity contribution in [3.05, 3.63) is 87.7 Å². The van der Waals surface area contributed by atoms with E-state index in [9.17, 15) is 10.1 Å². The molecule has 1 heterocycles. The van der Waals surface area contributed by atoms with Crippen LogP contribution in [0.3, 0.4) is 0 Å². The number of carbonyl (C=O) groups is 1. The minimum atomic E-state index is -0.435. The summed E-state index contributed by atoms with van der Waals surface area (Å²) in [5.41, 5.74) is 5.27. The largest absolute Gasteiger partial charge is 0.321 e. The molecule has 0 aliphatic carbocycles. The lowest BCUT2D eigenvalue weighted by Crippen LogP contribution is -2.13. The van der Waals surface area contributed by atoms with E-state index in [1.807, 2.05) is 79.9 Å². The molecule has 2 aromatic carbocycles. The summed E-state index contributed by atoms with van der Waals surface area (Å²) in [5.74, 6) is -0.435. The summed E-state index contributed by atoms with van der Waals surface area (Å²) >= 11 is 6.35. The molecule has 0 aliphatic rings. The smallest absolute Gasteiger partial charge is 0.266 e. The van der Waals surface area contributed by atoms with Gasteiger partial charge in [0.2, 0.25) is 0 Å². The molecule has 0 bridgehead atoms. The predicted octanol–water partition coefficient (Wildman–Crippen LogP) is 5.60. The summed E-state index contributed by atoms with van der Waals surface area (Å²) in [6, 6.07) is 19.0. The Kier molecular flexibility index (Phi) is 5.67. The van der Waals surface area contributed by atoms with Crippen molar-refractivity contribution in [3.63, 3.8) is 0 Å². The van der Waals surface area contributed by atoms with Gasteiger partial charge in [0.15, 0.2) is 0 Å². The van der Waals surface area contributed by atoms with Crippen LogP contribution in [-0.4, -0.2) is 10.5 Å². The Balaban J connectivity index is 1.95. The van der Waals surface area contributed by atoms with Gasteiger partial charge in [0, 0.05) is 17.1 Å². The Morgan fingerprint density at radius 1 is 1.11 bits per heavy atom. The van der Waals surface area contributed by atoms with E-state index >= 15 is 0 Å². The van der Waals surface area contributed by atoms with Gasteiger partial charge in [-0.3, -0.25) is 4.79 Å². The van der Waals surface area contributed by atoms with Gasteiger partial charge < -0.3 is 9.88 Å². The van der Waals surface area contributed by atoms with Crippen LogP contribution in [0.4, 0.5) is 5.69 Å². The summed E-state index contributed by atoms with van der Waals surface area (Å²) in [4.78, 5) is 12.6. The molecule has 28 heavy (non-hydrogen) atoms. The molecule has 3 aromatic rings. The second kappa shape index (κ2) is 8.16. The molecule has 3 rings (SSSR count). The SMILES string of the molecule is Cc1cccc(NC(=O)/C(C#N)=C\c2cc(C)n(-c3ccccc3Cl)c2C)c1. The first kappa shape index (κ1) is 19.5. The van der Waals surface area contributed by atoms with E-state index in [-0.39, 0.29) is 5.57 Å². The molecule has 0 saturated heterocycles. The van der Waals surface area contributed by atoms with Crippen LogP contribution in [0.1, 0.15) is 22.5 Å². The molecular weight excluding hydrogens is 370 g/mol. The van der Waals surface area contributed by atoms with Gasteiger partial charge in [-0.2, -0.15) is 5.26 Å². The van der Waals surface area contributed by atoms with Crippen LogP contribution >= 0.6 is 11.6 Å². The number of halogens is 1. The number of nitrogens with zero attached hydrogens (tertiary/aromatic N) is 2. The minimum Gasteiger partial charge on any atom is -0.321 e. The van der Waals surface area contributed by atoms with Crippen LogP contribution in [0, 0.1) is 32.1 Å². The number of hydrogen-bond donors (Lipinski definition) is 1. The highest BCUT2D eigenvalue weighted by atomic mass is 35.5. The van der Waals surface area contributed by atoms with E-state index in [1.165, 1.54) is 0 Å². The van der Waals surface area contributed by atoms with Gasteiger partial charge in [0.25, 0.3) is 5.91 Å². The van der Waals surface area contributed by atoms with Crippen LogP contribution in [0.25, 0.3) is 11.8 Å². The van der Waals surface area contributed by atoms with E-state index in [0.717, 1.165) is 28.2 Å². The average Bonchev–Trinajstić information content (AvgIpc) is 2.93. The Morgan fingerprint density at radius 2 is 1.86 bits per heavy atom. The van der Waals surface area contributed by atoms with Crippen molar-refractivity contribution < 1.29 is 4.79 Å². The fourth-order valence-electron chi connectivity index (χ4n) is 3.16. The van der Waals surface area contributed by atoms with E-state index in [1.54, 1.807) is 12.1 Å². The highest BCUT2D eigenvalue weighted by Crippen LogP contribution is 2.27. The van der Waals surface area contributed by atoms with Crippen molar-refractivity contribution in [2.75, 3.05) is 5.32 Å². The van der Waals surface area contributed by atoms with Crippen molar-refractivity contribution >= 4 is 29.3 Å². The molecule has 1 N–H and O–H groups in total. The fraction of sp³-hybridized carbons (Fsp3) is 0.130. The molecule has 140 valence electrons. The van der Waals surface area contributed by atoms with Crippen molar-refractivity contribution in [3.8, 4) is 11.8 Å². The number of carbonyl (C=O) groups excluding carboxylic acids is 1. The maximum atomic E-state index is 12.6. The standard InChI is InChI=1S/C23H20ClN3O/c1-15-7-6-8-20(11-15)26-23(28)19(14-25)13-18-12-16(2)27(17(18)3)22-10-5-4-9-21(22)24/h4-13H,1-3H3,(H,26,28)/b19-13-. The molecule has 0 saturated carbocycles. The molecule has 0 spiro atoms. The molecule has 4 nitrogen and oxygen atoms in total. The fourth-order valence-corrected chi connectivity index (χ4v) is 3.38. The summed E-state index contributed by atoms with van der Waals surface area (Å²) in [5, 5.41) is 12.9. The van der Waals surface area contributed by atoms with E-state index in [0.29, 0.717) is 10.7 Å². The van der Waals surface area contributed by atoms with Crippen molar-refractivity contribution in [1.82, 2.24) is 4.57 Å². The number of aromatic nitrogens is 1. The van der Waals surface area contributed by atoms with E-state index < -0.39 is 5.91 Å². The first-order valence-corrected chi connectivity index (χ1v) is 9.22. The van der Waals surface area contributed by atoms with Crippen molar-refractivity contribution in [1.29, 1.82) is 5.26 Å². The Labute approximate surface area is 169 Å². The third kappa shape index (κ3) is 4.00. The van der Waals surface area contributed by atoms with Crippen LogP contribution < -0.4 is 5.32 Å². The zero-order chi connectivity index (χ0) is 20.3. The van der Waals surface area contributed by atoms with Crippen LogP contribution in [0.2, 0.25) is 5.02 Å². The molecule has 0 atom stereocenters. The number of rotatable bonds is 4. The highest BCUT2D eigenvalue weighted by molar-refractivity contribution is 6.32. The summed E-state index contributed by atoms with van der Waals surface area (Å²) < 4.78 is 2.02. The number of nitrogens with one attached hydrogen (secondary N) is 1. The molecule has 0 aliphatic heterocycles. The lowest BCUT2D eigenvalue weighted by atomic mass is 10.1. The quantitative estimate of drug-likeness (QED) is 0.466. The predicted molar refractivity (Wildman–Crippen MR) is 114 cm³/mol. The number of amides is 1. The average molecular weight is 390 g/mol. The number of anilines is 1. The summed E-state index contributed by atoms with van der Waals surface area (Å²) in [6.45, 7) is 5.85. The second-order valence-corrected chi connectivity index (χ2v) is 7.01. The molecule has 1 amide bonds. The Morgan fingerprint density at radius 3 is 2.54 bits per heavy atom. The van der Waals surface area contributed by atoms with Gasteiger partial charge >= 0.3 is 0 Å². The van der Waals surface area contributed by atoms with Gasteiger partial charge in [-0.1, -0.05) is 35.9 Å². The first-order chi connectivity index (χ1) is 13.4. The van der Waals surface area contributed by atoms with Crippen LogP contribution in [0.5, 0.6) is 0 Å². The molecule has 1 aromatic heterocycles. The lowest BCUT2D eigenvalue weighted by molar-refractivity contribution is -0.112. The highest BCUT2D eigenvalue weighted by Gasteiger charge is 2.15. The number of benzene rings is 2. The van der Waals surface area contributed by atoms with Gasteiger partial charge in [-0.25, -0.2) is 0 Å². The maximum absolute atomic E-state index is 12.6. The normalized spacial score (nSPS) is 11.2. The summed E-state index contributed by atoms with van der Waals surface area (Å²) in [6.07, 6.45) is 1.61. The number of para-hydroxylation sites is 1. The van der Waals surface area contributed by atoms with E-state index in [4.69, 9.17) is 11.6 Å². The van der Waals surface area contributed by atoms with Crippen molar-refractivity contribution in [2.24, 2.45) is 0 Å². The maximum Gasteiger partial charge on any atom is 0.266 e. The second-order valence-electron chi connectivity index (χ2n) is 6.61. The van der Waals surface area contributed by atoms with Crippen molar-refractivity contribution in [2.45, 2.75) is 20.8 Å². The molecule has 5 heteroatoms. The molecule has 0 unspecified atom stereocenters. The number of aryl methyl sites for hydroxylation is 2. The van der Waals surface area contributed by atoms with Gasteiger partial charge in [-0.05, 0) is 68.3 Å². The van der Waals surface area contributed by atoms with Crippen LogP contribution in [0.15, 0.2) is 60.2 Å². The lowest BCUT2D eigenvalue weighted by Gasteiger charge is -2.11. The molecule has 0 fully saturated rings. The zero-order valence-corrected chi connectivity index (χ0v) is 16.7. The van der Waals surface area contributed by atoms with Crippen LogP contribution in [-0.2, 0) is 4.79 Å². The number of nitriles is 1. The first-order valence-electron chi connectivity index (χ1n) is 8.84. The molecular formula is C23H20ClN3O. The van der Waals surface area contributed by atoms with Gasteiger partial charge in [-0.15, -0.1) is 0 Å². The topological polar surface area (TPSA) is 57.8 Å². The minimum absolute atomic E-state index is 0.0425. The Hall–Kier alpha value is -3.29. The third-order valence-electron chi connectivity index (χ3n) is 4.50. The molecule has 0 radical (unpaired) electrons. The van der Waals surface area contributed by atoms with E-state index in [2.05, 4.69) is 5.32 Å². The number of hydrogen-bond acceptors (Lipinski definition) is 2.